The first-order chi connectivity index (χ1) is 6.50. The summed E-state index contributed by atoms with van der Waals surface area (Å²) in [4.78, 5) is 23.3. The van der Waals surface area contributed by atoms with E-state index in [1.165, 1.54) is 0 Å². The van der Waals surface area contributed by atoms with Crippen LogP contribution in [0, 0.1) is 11.8 Å². The number of carbonyl (C=O) groups is 2. The Morgan fingerprint density at radius 3 is 2.14 bits per heavy atom. The topological polar surface area (TPSA) is 57.6 Å². The summed E-state index contributed by atoms with van der Waals surface area (Å²) in [7, 11) is 0. The normalized spacial score (nSPS) is 27.1. The quantitative estimate of drug-likeness (QED) is 0.664. The number of nitrogens with zero attached hydrogens (tertiary/aromatic N) is 1. The highest BCUT2D eigenvalue weighted by molar-refractivity contribution is 5.94. The lowest BCUT2D eigenvalue weighted by Gasteiger charge is -2.12. The molecule has 14 heavy (non-hydrogen) atoms. The van der Waals surface area contributed by atoms with Crippen LogP contribution in [-0.4, -0.2) is 35.0 Å². The van der Waals surface area contributed by atoms with Crippen LogP contribution in [0.5, 0.6) is 0 Å². The summed E-state index contributed by atoms with van der Waals surface area (Å²) in [5, 5.41) is 8.35. The average Bonchev–Trinajstić information content (AvgIpc) is 2.43. The molecule has 0 bridgehead atoms. The van der Waals surface area contributed by atoms with Gasteiger partial charge >= 0.3 is 5.97 Å². The number of carbonyl (C=O) groups excluding carboxylic acids is 1. The maximum Gasteiger partial charge on any atom is 0.328 e. The Hall–Kier alpha value is -1.32. The first kappa shape index (κ1) is 10.8. The molecule has 78 valence electrons. The van der Waals surface area contributed by atoms with Crippen molar-refractivity contribution in [3.63, 3.8) is 0 Å². The molecule has 1 rings (SSSR count). The van der Waals surface area contributed by atoms with Crippen molar-refractivity contribution in [1.82, 2.24) is 4.90 Å². The van der Waals surface area contributed by atoms with Gasteiger partial charge in [0.05, 0.1) is 0 Å². The third kappa shape index (κ3) is 2.58. The minimum Gasteiger partial charge on any atom is -0.478 e. The van der Waals surface area contributed by atoms with Gasteiger partial charge in [-0.05, 0) is 11.8 Å². The molecule has 4 nitrogen and oxygen atoms in total. The van der Waals surface area contributed by atoms with Gasteiger partial charge < -0.3 is 10.0 Å². The lowest BCUT2D eigenvalue weighted by atomic mass is 10.0. The van der Waals surface area contributed by atoms with E-state index in [2.05, 4.69) is 13.8 Å². The fraction of sp³-hybridized carbons (Fsp3) is 0.600. The second kappa shape index (κ2) is 4.26. The summed E-state index contributed by atoms with van der Waals surface area (Å²) >= 11 is 0. The van der Waals surface area contributed by atoms with Crippen LogP contribution in [0.4, 0.5) is 0 Å². The van der Waals surface area contributed by atoms with Gasteiger partial charge in [0.25, 0.3) is 0 Å². The van der Waals surface area contributed by atoms with Crippen molar-refractivity contribution in [2.45, 2.75) is 13.8 Å². The van der Waals surface area contributed by atoms with E-state index in [0.29, 0.717) is 11.8 Å². The van der Waals surface area contributed by atoms with E-state index in [-0.39, 0.29) is 5.91 Å². The lowest BCUT2D eigenvalue weighted by Crippen LogP contribution is -2.27. The Bertz CT molecular complexity index is 263. The van der Waals surface area contributed by atoms with E-state index >= 15 is 0 Å². The molecule has 1 amide bonds. The molecule has 0 aromatic rings. The lowest BCUT2D eigenvalue weighted by molar-refractivity contribution is -0.132. The standard InChI is InChI=1S/C10H15NO3/c1-7-5-11(6-8(7)2)9(12)3-4-10(13)14/h3-4,7-8H,5-6H2,1-2H3,(H,13,14). The largest absolute Gasteiger partial charge is 0.478 e. The Balaban J connectivity index is 2.51. The fourth-order valence-corrected chi connectivity index (χ4v) is 1.56. The molecule has 1 aliphatic rings. The van der Waals surface area contributed by atoms with Crippen molar-refractivity contribution in [3.8, 4) is 0 Å². The summed E-state index contributed by atoms with van der Waals surface area (Å²) < 4.78 is 0. The van der Waals surface area contributed by atoms with Crippen molar-refractivity contribution < 1.29 is 14.7 Å². The fourth-order valence-electron chi connectivity index (χ4n) is 1.56. The second-order valence-electron chi connectivity index (χ2n) is 3.87. The van der Waals surface area contributed by atoms with Gasteiger partial charge in [0.15, 0.2) is 0 Å². The number of amides is 1. The summed E-state index contributed by atoms with van der Waals surface area (Å²) in [6.07, 6.45) is 2.00. The maximum atomic E-state index is 11.4. The van der Waals surface area contributed by atoms with Crippen LogP contribution in [-0.2, 0) is 9.59 Å². The van der Waals surface area contributed by atoms with Crippen molar-refractivity contribution >= 4 is 11.9 Å². The van der Waals surface area contributed by atoms with E-state index in [0.717, 1.165) is 25.2 Å². The molecule has 0 spiro atoms. The van der Waals surface area contributed by atoms with Gasteiger partial charge in [0.2, 0.25) is 5.91 Å². The molecule has 0 radical (unpaired) electrons. The van der Waals surface area contributed by atoms with Crippen LogP contribution < -0.4 is 0 Å². The maximum absolute atomic E-state index is 11.4. The van der Waals surface area contributed by atoms with Gasteiger partial charge in [-0.15, -0.1) is 0 Å². The zero-order chi connectivity index (χ0) is 10.7. The summed E-state index contributed by atoms with van der Waals surface area (Å²) in [6.45, 7) is 5.64. The Labute approximate surface area is 83.2 Å². The van der Waals surface area contributed by atoms with Gasteiger partial charge in [0.1, 0.15) is 0 Å². The summed E-state index contributed by atoms with van der Waals surface area (Å²) in [5.41, 5.74) is 0. The van der Waals surface area contributed by atoms with Crippen molar-refractivity contribution in [2.24, 2.45) is 11.8 Å². The number of likely N-dealkylation sites (tertiary alicyclic amines) is 1. The number of carboxylic acid groups (broad SMARTS) is 1. The Kier molecular flexibility index (Phi) is 3.28. The van der Waals surface area contributed by atoms with E-state index in [1.807, 2.05) is 0 Å². The number of carboxylic acids is 1. The highest BCUT2D eigenvalue weighted by Crippen LogP contribution is 2.21. The van der Waals surface area contributed by atoms with Crippen LogP contribution in [0.15, 0.2) is 12.2 Å². The van der Waals surface area contributed by atoms with Crippen molar-refractivity contribution in [2.75, 3.05) is 13.1 Å². The monoisotopic (exact) mass is 197 g/mol. The molecule has 0 saturated carbocycles. The zero-order valence-corrected chi connectivity index (χ0v) is 8.43. The molecule has 1 fully saturated rings. The van der Waals surface area contributed by atoms with Crippen LogP contribution in [0.2, 0.25) is 0 Å². The first-order valence-corrected chi connectivity index (χ1v) is 4.70. The van der Waals surface area contributed by atoms with E-state index < -0.39 is 5.97 Å². The highest BCUT2D eigenvalue weighted by atomic mass is 16.4. The predicted octanol–water partition coefficient (Wildman–Crippen LogP) is 0.742. The number of aliphatic carboxylic acids is 1. The molecule has 0 aromatic carbocycles. The van der Waals surface area contributed by atoms with Gasteiger partial charge in [0, 0.05) is 25.2 Å². The molecule has 0 aromatic heterocycles. The van der Waals surface area contributed by atoms with Crippen molar-refractivity contribution in [1.29, 1.82) is 0 Å². The van der Waals surface area contributed by atoms with E-state index in [4.69, 9.17) is 5.11 Å². The number of hydrogen-bond donors (Lipinski definition) is 1. The molecule has 4 heteroatoms. The molecule has 2 unspecified atom stereocenters. The molecular formula is C10H15NO3. The summed E-state index contributed by atoms with van der Waals surface area (Å²) in [5.74, 6) is -0.295. The minimum atomic E-state index is -1.08. The molecule has 1 N–H and O–H groups in total. The smallest absolute Gasteiger partial charge is 0.328 e. The molecule has 1 heterocycles. The van der Waals surface area contributed by atoms with Crippen LogP contribution in [0.25, 0.3) is 0 Å². The van der Waals surface area contributed by atoms with Crippen LogP contribution >= 0.6 is 0 Å². The van der Waals surface area contributed by atoms with Gasteiger partial charge in [-0.3, -0.25) is 4.79 Å². The Morgan fingerprint density at radius 1 is 1.21 bits per heavy atom. The minimum absolute atomic E-state index is 0.205. The highest BCUT2D eigenvalue weighted by Gasteiger charge is 2.28. The molecule has 2 atom stereocenters. The van der Waals surface area contributed by atoms with Crippen LogP contribution in [0.3, 0.4) is 0 Å². The predicted molar refractivity (Wildman–Crippen MR) is 51.7 cm³/mol. The SMILES string of the molecule is CC1CN(C(=O)C=CC(=O)O)CC1C. The van der Waals surface area contributed by atoms with Gasteiger partial charge in [-0.2, -0.15) is 0 Å². The van der Waals surface area contributed by atoms with Gasteiger partial charge in [-0.1, -0.05) is 13.8 Å². The molecular weight excluding hydrogens is 182 g/mol. The van der Waals surface area contributed by atoms with E-state index in [1.54, 1.807) is 4.90 Å². The summed E-state index contributed by atoms with van der Waals surface area (Å²) in [6, 6.07) is 0. The van der Waals surface area contributed by atoms with Crippen molar-refractivity contribution in [3.05, 3.63) is 12.2 Å². The molecule has 0 aliphatic carbocycles. The third-order valence-corrected chi connectivity index (χ3v) is 2.67. The number of hydrogen-bond acceptors (Lipinski definition) is 2. The number of rotatable bonds is 2. The molecule has 1 aliphatic heterocycles. The third-order valence-electron chi connectivity index (χ3n) is 2.67. The zero-order valence-electron chi connectivity index (χ0n) is 8.43. The average molecular weight is 197 g/mol. The molecule has 1 saturated heterocycles. The Morgan fingerprint density at radius 2 is 1.71 bits per heavy atom. The first-order valence-electron chi connectivity index (χ1n) is 4.70. The van der Waals surface area contributed by atoms with Gasteiger partial charge in [-0.25, -0.2) is 4.79 Å². The second-order valence-corrected chi connectivity index (χ2v) is 3.87. The van der Waals surface area contributed by atoms with E-state index in [9.17, 15) is 9.59 Å². The van der Waals surface area contributed by atoms with Crippen LogP contribution in [0.1, 0.15) is 13.8 Å².